The van der Waals surface area contributed by atoms with E-state index >= 15 is 0 Å². The van der Waals surface area contributed by atoms with Crippen molar-refractivity contribution in [3.8, 4) is 5.75 Å². The molecule has 0 N–H and O–H groups in total. The first-order valence-corrected chi connectivity index (χ1v) is 6.53. The first kappa shape index (κ1) is 14.1. The Morgan fingerprint density at radius 1 is 1.10 bits per heavy atom. The van der Waals surface area contributed by atoms with E-state index in [1.54, 1.807) is 6.92 Å². The van der Waals surface area contributed by atoms with E-state index in [0.717, 1.165) is 11.1 Å². The summed E-state index contributed by atoms with van der Waals surface area (Å²) < 4.78 is 10.7. The molecule has 3 nitrogen and oxygen atoms in total. The van der Waals surface area contributed by atoms with Crippen molar-refractivity contribution in [2.45, 2.75) is 13.8 Å². The number of ether oxygens (including phenoxy) is 2. The minimum Gasteiger partial charge on any atom is -0.489 e. The Morgan fingerprint density at radius 2 is 1.80 bits per heavy atom. The normalized spacial score (nSPS) is 10.3. The fraction of sp³-hybridized carbons (Fsp3) is 0.235. The number of benzene rings is 2. The molecule has 3 heteroatoms. The molecule has 0 atom stereocenters. The molecule has 0 radical (unpaired) electrons. The lowest BCUT2D eigenvalue weighted by atomic mass is 10.1. The monoisotopic (exact) mass is 270 g/mol. The van der Waals surface area contributed by atoms with Gasteiger partial charge in [0.2, 0.25) is 0 Å². The van der Waals surface area contributed by atoms with E-state index in [1.165, 1.54) is 10.9 Å². The standard InChI is InChI=1S/C17H18O3/c1-12(2)17(18)20-11-10-19-16-9-5-7-14-13(3)6-4-8-15(14)16/h4-9H,1,10-11H2,2-3H3. The largest absolute Gasteiger partial charge is 0.489 e. The third-order valence-corrected chi connectivity index (χ3v) is 3.02. The van der Waals surface area contributed by atoms with E-state index in [2.05, 4.69) is 25.6 Å². The van der Waals surface area contributed by atoms with Crippen LogP contribution in [0.2, 0.25) is 0 Å². The van der Waals surface area contributed by atoms with Crippen LogP contribution in [0.4, 0.5) is 0 Å². The van der Waals surface area contributed by atoms with Crippen LogP contribution in [-0.2, 0) is 9.53 Å². The number of rotatable bonds is 5. The second-order valence-electron chi connectivity index (χ2n) is 4.69. The first-order chi connectivity index (χ1) is 9.59. The van der Waals surface area contributed by atoms with Gasteiger partial charge in [-0.1, -0.05) is 36.9 Å². The maximum atomic E-state index is 11.2. The van der Waals surface area contributed by atoms with Crippen LogP contribution in [0, 0.1) is 6.92 Å². The van der Waals surface area contributed by atoms with E-state index in [-0.39, 0.29) is 12.6 Å². The van der Waals surface area contributed by atoms with Gasteiger partial charge in [0.25, 0.3) is 0 Å². The molecule has 0 bridgehead atoms. The number of aryl methyl sites for hydroxylation is 1. The highest BCUT2D eigenvalue weighted by molar-refractivity contribution is 5.90. The van der Waals surface area contributed by atoms with Gasteiger partial charge >= 0.3 is 5.97 Å². The molecule has 0 spiro atoms. The number of hydrogen-bond acceptors (Lipinski definition) is 3. The predicted molar refractivity (Wildman–Crippen MR) is 80.0 cm³/mol. The van der Waals surface area contributed by atoms with E-state index in [0.29, 0.717) is 12.2 Å². The second kappa shape index (κ2) is 6.24. The zero-order chi connectivity index (χ0) is 14.5. The minimum absolute atomic E-state index is 0.216. The van der Waals surface area contributed by atoms with Gasteiger partial charge in [-0.25, -0.2) is 4.79 Å². The zero-order valence-corrected chi connectivity index (χ0v) is 11.8. The fourth-order valence-electron chi connectivity index (χ4n) is 1.97. The highest BCUT2D eigenvalue weighted by Crippen LogP contribution is 2.27. The molecule has 104 valence electrons. The summed E-state index contributed by atoms with van der Waals surface area (Å²) in [6.07, 6.45) is 0. The van der Waals surface area contributed by atoms with Crippen LogP contribution in [0.5, 0.6) is 5.75 Å². The Morgan fingerprint density at radius 3 is 2.55 bits per heavy atom. The summed E-state index contributed by atoms with van der Waals surface area (Å²) in [5, 5.41) is 2.24. The summed E-state index contributed by atoms with van der Waals surface area (Å²) in [5.74, 6) is 0.417. The van der Waals surface area contributed by atoms with E-state index in [9.17, 15) is 4.79 Å². The molecule has 2 aromatic rings. The Bertz CT molecular complexity index is 644. The van der Waals surface area contributed by atoms with Gasteiger partial charge in [-0.2, -0.15) is 0 Å². The number of fused-ring (bicyclic) bond motifs is 1. The van der Waals surface area contributed by atoms with Crippen molar-refractivity contribution in [3.05, 3.63) is 54.1 Å². The topological polar surface area (TPSA) is 35.5 Å². The molecule has 0 saturated carbocycles. The van der Waals surface area contributed by atoms with Crippen molar-refractivity contribution in [2.75, 3.05) is 13.2 Å². The van der Waals surface area contributed by atoms with Crippen LogP contribution in [0.25, 0.3) is 10.8 Å². The van der Waals surface area contributed by atoms with Crippen molar-refractivity contribution in [2.24, 2.45) is 0 Å². The Balaban J connectivity index is 2.02. The van der Waals surface area contributed by atoms with Crippen molar-refractivity contribution >= 4 is 16.7 Å². The molecular weight excluding hydrogens is 252 g/mol. The quantitative estimate of drug-likeness (QED) is 0.472. The van der Waals surface area contributed by atoms with Gasteiger partial charge in [-0.15, -0.1) is 0 Å². The van der Waals surface area contributed by atoms with E-state index in [1.807, 2.05) is 24.3 Å². The lowest BCUT2D eigenvalue weighted by Crippen LogP contribution is -2.12. The first-order valence-electron chi connectivity index (χ1n) is 6.53. The minimum atomic E-state index is -0.387. The molecule has 0 heterocycles. The maximum absolute atomic E-state index is 11.2. The summed E-state index contributed by atoms with van der Waals surface area (Å²) in [7, 11) is 0. The molecule has 0 aromatic heterocycles. The summed E-state index contributed by atoms with van der Waals surface area (Å²) in [5.41, 5.74) is 1.60. The van der Waals surface area contributed by atoms with Gasteiger partial charge in [-0.05, 0) is 30.9 Å². The SMILES string of the molecule is C=C(C)C(=O)OCCOc1cccc2c(C)cccc12. The number of esters is 1. The summed E-state index contributed by atoms with van der Waals surface area (Å²) in [6.45, 7) is 7.76. The van der Waals surface area contributed by atoms with E-state index in [4.69, 9.17) is 9.47 Å². The second-order valence-corrected chi connectivity index (χ2v) is 4.69. The molecule has 0 saturated heterocycles. The molecule has 0 aliphatic rings. The number of carbonyl (C=O) groups is 1. The Labute approximate surface area is 118 Å². The fourth-order valence-corrected chi connectivity index (χ4v) is 1.97. The van der Waals surface area contributed by atoms with Gasteiger partial charge in [-0.3, -0.25) is 0 Å². The van der Waals surface area contributed by atoms with Crippen LogP contribution in [0.15, 0.2) is 48.6 Å². The van der Waals surface area contributed by atoms with Gasteiger partial charge in [0.15, 0.2) is 0 Å². The molecule has 0 aliphatic carbocycles. The molecule has 2 rings (SSSR count). The average molecular weight is 270 g/mol. The predicted octanol–water partition coefficient (Wildman–Crippen LogP) is 3.65. The third-order valence-electron chi connectivity index (χ3n) is 3.02. The summed E-state index contributed by atoms with van der Waals surface area (Å²) >= 11 is 0. The number of hydrogen-bond donors (Lipinski definition) is 0. The van der Waals surface area contributed by atoms with Crippen molar-refractivity contribution in [1.82, 2.24) is 0 Å². The maximum Gasteiger partial charge on any atom is 0.333 e. The lowest BCUT2D eigenvalue weighted by Gasteiger charge is -2.11. The van der Waals surface area contributed by atoms with E-state index < -0.39 is 0 Å². The Hall–Kier alpha value is -2.29. The van der Waals surface area contributed by atoms with Crippen molar-refractivity contribution in [3.63, 3.8) is 0 Å². The van der Waals surface area contributed by atoms with Crippen LogP contribution >= 0.6 is 0 Å². The highest BCUT2D eigenvalue weighted by Gasteiger charge is 2.05. The Kier molecular flexibility index (Phi) is 4.41. The average Bonchev–Trinajstić information content (AvgIpc) is 2.44. The lowest BCUT2D eigenvalue weighted by molar-refractivity contribution is -0.139. The molecule has 20 heavy (non-hydrogen) atoms. The van der Waals surface area contributed by atoms with Gasteiger partial charge in [0.05, 0.1) is 0 Å². The van der Waals surface area contributed by atoms with Crippen LogP contribution in [-0.4, -0.2) is 19.2 Å². The highest BCUT2D eigenvalue weighted by atomic mass is 16.6. The van der Waals surface area contributed by atoms with Crippen molar-refractivity contribution < 1.29 is 14.3 Å². The van der Waals surface area contributed by atoms with Crippen LogP contribution in [0.1, 0.15) is 12.5 Å². The molecule has 0 fully saturated rings. The molecule has 0 aliphatic heterocycles. The van der Waals surface area contributed by atoms with Gasteiger partial charge in [0.1, 0.15) is 19.0 Å². The van der Waals surface area contributed by atoms with Crippen LogP contribution < -0.4 is 4.74 Å². The molecule has 0 unspecified atom stereocenters. The van der Waals surface area contributed by atoms with Crippen LogP contribution in [0.3, 0.4) is 0 Å². The zero-order valence-electron chi connectivity index (χ0n) is 11.8. The number of carbonyl (C=O) groups excluding carboxylic acids is 1. The summed E-state index contributed by atoms with van der Waals surface area (Å²) in [4.78, 5) is 11.2. The van der Waals surface area contributed by atoms with Crippen molar-refractivity contribution in [1.29, 1.82) is 0 Å². The molecular formula is C17H18O3. The molecule has 2 aromatic carbocycles. The molecule has 0 amide bonds. The smallest absolute Gasteiger partial charge is 0.333 e. The van der Waals surface area contributed by atoms with Gasteiger partial charge in [0, 0.05) is 11.0 Å². The van der Waals surface area contributed by atoms with Gasteiger partial charge < -0.3 is 9.47 Å². The summed E-state index contributed by atoms with van der Waals surface area (Å²) in [6, 6.07) is 12.1. The third kappa shape index (κ3) is 3.18.